The van der Waals surface area contributed by atoms with Crippen LogP contribution in [0.25, 0.3) is 0 Å². The van der Waals surface area contributed by atoms with Crippen molar-refractivity contribution in [3.05, 3.63) is 47.7 Å². The normalized spacial score (nSPS) is 23.8. The number of aliphatic carboxylic acids is 1. The average molecular weight is 492 g/mol. The first-order valence-electron chi connectivity index (χ1n) is 11.5. The predicted molar refractivity (Wildman–Crippen MR) is 129 cm³/mol. The molecule has 3 N–H and O–H groups in total. The monoisotopic (exact) mass is 491 g/mol. The fourth-order valence-corrected chi connectivity index (χ4v) is 5.52. The van der Waals surface area contributed by atoms with Crippen LogP contribution in [0.1, 0.15) is 25.3 Å². The van der Waals surface area contributed by atoms with Crippen molar-refractivity contribution >= 4 is 29.5 Å². The predicted octanol–water partition coefficient (Wildman–Crippen LogP) is 1.08. The summed E-state index contributed by atoms with van der Waals surface area (Å²) in [7, 11) is 0. The molecule has 3 aliphatic heterocycles. The van der Waals surface area contributed by atoms with E-state index < -0.39 is 11.5 Å². The largest absolute Gasteiger partial charge is 0.477 e. The number of amides is 2. The molecule has 0 spiro atoms. The molecule has 2 amide bonds. The zero-order valence-electron chi connectivity index (χ0n) is 19.4. The maximum atomic E-state index is 12.4. The zero-order chi connectivity index (χ0) is 24.6. The second kappa shape index (κ2) is 12.3. The van der Waals surface area contributed by atoms with Crippen LogP contribution in [0.3, 0.4) is 0 Å². The molecule has 0 bridgehead atoms. The van der Waals surface area contributed by atoms with Crippen LogP contribution in [-0.2, 0) is 25.5 Å². The fraction of sp³-hybridized carbons (Fsp3) is 0.542. The second-order valence-electron chi connectivity index (χ2n) is 8.55. The number of rotatable bonds is 9. The molecule has 1 aromatic carbocycles. The summed E-state index contributed by atoms with van der Waals surface area (Å²) in [6, 6.07) is 9.26. The van der Waals surface area contributed by atoms with E-state index in [1.54, 1.807) is 6.92 Å². The first-order chi connectivity index (χ1) is 16.4. The Morgan fingerprint density at radius 3 is 2.56 bits per heavy atom. The summed E-state index contributed by atoms with van der Waals surface area (Å²) in [6.07, 6.45) is 4.37. The first-order valence-corrected chi connectivity index (χ1v) is 12.6. The number of fused-ring (bicyclic) bond motifs is 1. The molecule has 0 radical (unpaired) electrons. The minimum atomic E-state index is -1.12. The highest BCUT2D eigenvalue weighted by Crippen LogP contribution is 2.43. The van der Waals surface area contributed by atoms with Crippen LogP contribution in [0, 0.1) is 0 Å². The molecular formula is C24H33N3O6S. The van der Waals surface area contributed by atoms with E-state index in [1.165, 1.54) is 48.7 Å². The van der Waals surface area contributed by atoms with Crippen molar-refractivity contribution in [1.29, 1.82) is 0 Å². The molecule has 2 saturated heterocycles. The zero-order valence-corrected chi connectivity index (χ0v) is 20.3. The van der Waals surface area contributed by atoms with Crippen molar-refractivity contribution in [2.24, 2.45) is 0 Å². The molecule has 0 saturated carbocycles. The van der Waals surface area contributed by atoms with Gasteiger partial charge in [0.2, 0.25) is 5.91 Å². The lowest BCUT2D eigenvalue weighted by Crippen LogP contribution is -2.78. The molecule has 4 rings (SSSR count). The number of aliphatic hydroxyl groups excluding tert-OH is 1. The Bertz CT molecular complexity index is 890. The highest BCUT2D eigenvalue weighted by Gasteiger charge is 2.61. The van der Waals surface area contributed by atoms with Gasteiger partial charge in [0.1, 0.15) is 16.6 Å². The van der Waals surface area contributed by atoms with Crippen molar-refractivity contribution in [2.45, 2.75) is 37.1 Å². The Kier molecular flexibility index (Phi) is 9.52. The highest BCUT2D eigenvalue weighted by atomic mass is 32.2. The van der Waals surface area contributed by atoms with Gasteiger partial charge in [-0.1, -0.05) is 30.3 Å². The van der Waals surface area contributed by atoms with Crippen LogP contribution in [0.2, 0.25) is 0 Å². The number of β-lactam (4-membered cyclic amide) rings is 1. The minimum absolute atomic E-state index is 0.00599. The van der Waals surface area contributed by atoms with Crippen LogP contribution in [-0.4, -0.2) is 93.9 Å². The summed E-state index contributed by atoms with van der Waals surface area (Å²) >= 11 is 1.44. The minimum Gasteiger partial charge on any atom is -0.477 e. The summed E-state index contributed by atoms with van der Waals surface area (Å²) in [6.45, 7) is 6.51. The molecule has 34 heavy (non-hydrogen) atoms. The molecule has 9 nitrogen and oxygen atoms in total. The molecule has 3 heterocycles. The lowest BCUT2D eigenvalue weighted by Gasteiger charge is -2.55. The van der Waals surface area contributed by atoms with E-state index in [-0.39, 0.29) is 35.9 Å². The average Bonchev–Trinajstić information content (AvgIpc) is 3.35. The molecule has 0 aliphatic carbocycles. The van der Waals surface area contributed by atoms with Crippen LogP contribution < -0.4 is 5.32 Å². The van der Waals surface area contributed by atoms with Gasteiger partial charge in [-0.25, -0.2) is 4.79 Å². The van der Waals surface area contributed by atoms with Gasteiger partial charge in [0.15, 0.2) is 0 Å². The van der Waals surface area contributed by atoms with Crippen LogP contribution >= 0.6 is 11.8 Å². The molecule has 3 aliphatic rings. The van der Waals surface area contributed by atoms with Crippen LogP contribution in [0.15, 0.2) is 42.1 Å². The first kappa shape index (κ1) is 26.2. The van der Waals surface area contributed by atoms with E-state index in [4.69, 9.17) is 14.9 Å². The van der Waals surface area contributed by atoms with E-state index in [0.717, 1.165) is 18.7 Å². The lowest BCUT2D eigenvalue weighted by atomic mass is 9.88. The number of ether oxygens (including phenoxy) is 1. The maximum absolute atomic E-state index is 12.4. The number of likely N-dealkylation sites (tertiary alicyclic amines) is 1. The summed E-state index contributed by atoms with van der Waals surface area (Å²) in [5.41, 5.74) is -0.209. The molecule has 2 fully saturated rings. The molecule has 0 aromatic heterocycles. The van der Waals surface area contributed by atoms with Gasteiger partial charge in [-0.05, 0) is 44.5 Å². The van der Waals surface area contributed by atoms with E-state index in [0.29, 0.717) is 12.4 Å². The number of nitrogens with one attached hydrogen (secondary N) is 1. The number of hydrogen-bond donors (Lipinski definition) is 3. The lowest BCUT2D eigenvalue weighted by molar-refractivity contribution is -0.157. The van der Waals surface area contributed by atoms with Gasteiger partial charge >= 0.3 is 5.97 Å². The van der Waals surface area contributed by atoms with E-state index in [2.05, 4.69) is 10.2 Å². The van der Waals surface area contributed by atoms with E-state index >= 15 is 0 Å². The molecule has 0 unspecified atom stereocenters. The number of thioether (sulfide) groups is 1. The molecular weight excluding hydrogens is 458 g/mol. The summed E-state index contributed by atoms with van der Waals surface area (Å²) in [5, 5.41) is 20.0. The third-order valence-electron chi connectivity index (χ3n) is 5.99. The summed E-state index contributed by atoms with van der Waals surface area (Å²) in [4.78, 5) is 39.5. The Hall–Kier alpha value is -2.40. The van der Waals surface area contributed by atoms with Gasteiger partial charge in [-0.3, -0.25) is 14.5 Å². The van der Waals surface area contributed by atoms with Crippen LogP contribution in [0.5, 0.6) is 0 Å². The number of nitrogens with zero attached hydrogens (tertiary/aromatic N) is 2. The third-order valence-corrected chi connectivity index (χ3v) is 7.35. The fourth-order valence-electron chi connectivity index (χ4n) is 4.23. The number of carboxylic acids is 1. The number of carbonyl (C=O) groups excluding carboxylic acids is 2. The van der Waals surface area contributed by atoms with Gasteiger partial charge in [0, 0.05) is 12.3 Å². The van der Waals surface area contributed by atoms with E-state index in [1.807, 2.05) is 30.3 Å². The van der Waals surface area contributed by atoms with Gasteiger partial charge < -0.3 is 25.2 Å². The van der Waals surface area contributed by atoms with Crippen molar-refractivity contribution < 1.29 is 29.3 Å². The standard InChI is InChI=1S/C16H16N2O4S.C8H17NO2/c1-16(17-12(19)9-10-5-3-2-4-6-10)14(22)18-11(13(20)21)7-8-23-15(16)18;10-6-8-11-7-5-9-3-1-2-4-9/h2-7,15H,8-9H2,1H3,(H,17,19)(H,20,21);10H,1-8H2/t15-,16+;/m0./s1. The molecule has 1 aromatic rings. The summed E-state index contributed by atoms with van der Waals surface area (Å²) < 4.78 is 5.15. The summed E-state index contributed by atoms with van der Waals surface area (Å²) in [5.74, 6) is -1.26. The highest BCUT2D eigenvalue weighted by molar-refractivity contribution is 8.00. The van der Waals surface area contributed by atoms with Gasteiger partial charge in [0.25, 0.3) is 5.91 Å². The van der Waals surface area contributed by atoms with Gasteiger partial charge in [-0.15, -0.1) is 11.8 Å². The van der Waals surface area contributed by atoms with Crippen molar-refractivity contribution in [2.75, 3.05) is 45.2 Å². The smallest absolute Gasteiger partial charge is 0.352 e. The molecule has 10 heteroatoms. The Balaban J connectivity index is 0.000000248. The Morgan fingerprint density at radius 1 is 1.21 bits per heavy atom. The maximum Gasteiger partial charge on any atom is 0.352 e. The number of carbonyl (C=O) groups is 3. The molecule has 186 valence electrons. The quantitative estimate of drug-likeness (QED) is 0.347. The number of hydrogen-bond acceptors (Lipinski definition) is 7. The topological polar surface area (TPSA) is 119 Å². The van der Waals surface area contributed by atoms with E-state index in [9.17, 15) is 14.4 Å². The third kappa shape index (κ3) is 6.38. The molecule has 2 atom stereocenters. The van der Waals surface area contributed by atoms with Gasteiger partial charge in [-0.2, -0.15) is 0 Å². The second-order valence-corrected chi connectivity index (χ2v) is 9.67. The Morgan fingerprint density at radius 2 is 1.91 bits per heavy atom. The number of benzene rings is 1. The van der Waals surface area contributed by atoms with Crippen molar-refractivity contribution in [3.8, 4) is 0 Å². The van der Waals surface area contributed by atoms with Crippen molar-refractivity contribution in [3.63, 3.8) is 0 Å². The van der Waals surface area contributed by atoms with Gasteiger partial charge in [0.05, 0.1) is 26.2 Å². The van der Waals surface area contributed by atoms with Crippen molar-refractivity contribution in [1.82, 2.24) is 15.1 Å². The van der Waals surface area contributed by atoms with Crippen LogP contribution in [0.4, 0.5) is 0 Å². The Labute approximate surface area is 204 Å². The number of carboxylic acid groups (broad SMARTS) is 1. The number of aliphatic hydroxyl groups is 1. The SMILES string of the molecule is C[C@@]1(NC(=O)Cc2ccccc2)C(=O)N2C(C(=O)O)=CCS[C@H]21.OCCOCCN1CCCC1.